The Kier molecular flexibility index (Phi) is 5.17. The molecule has 1 aromatic heterocycles. The number of rotatable bonds is 4. The van der Waals surface area contributed by atoms with Gasteiger partial charge in [-0.3, -0.25) is 9.59 Å². The number of nitrogens with zero attached hydrogens (tertiary/aromatic N) is 4. The Hall–Kier alpha value is -3.40. The van der Waals surface area contributed by atoms with Crippen LogP contribution in [-0.4, -0.2) is 47.9 Å². The quantitative estimate of drug-likeness (QED) is 0.868. The highest BCUT2D eigenvalue weighted by molar-refractivity contribution is 5.97. The van der Waals surface area contributed by atoms with Crippen LogP contribution in [0.5, 0.6) is 0 Å². The molecule has 2 aliphatic rings. The fourth-order valence-electron chi connectivity index (χ4n) is 3.66. The first-order valence-electron chi connectivity index (χ1n) is 9.87. The van der Waals surface area contributed by atoms with Crippen molar-refractivity contribution in [3.63, 3.8) is 0 Å². The summed E-state index contributed by atoms with van der Waals surface area (Å²) in [5.41, 5.74) is 1.87. The molecule has 1 N–H and O–H groups in total. The number of nitriles is 1. The van der Waals surface area contributed by atoms with E-state index in [1.807, 2.05) is 9.80 Å². The lowest BCUT2D eigenvalue weighted by Crippen LogP contribution is -2.49. The van der Waals surface area contributed by atoms with Crippen molar-refractivity contribution in [1.29, 1.82) is 5.26 Å². The normalized spacial score (nSPS) is 20.7. The number of piperazine rings is 1. The van der Waals surface area contributed by atoms with Crippen LogP contribution in [0.4, 0.5) is 11.5 Å². The summed E-state index contributed by atoms with van der Waals surface area (Å²) in [6, 6.07) is 12.7. The Balaban J connectivity index is 1.35. The number of hydrogen-bond donors (Lipinski definition) is 1. The van der Waals surface area contributed by atoms with Gasteiger partial charge in [-0.05, 0) is 48.7 Å². The van der Waals surface area contributed by atoms with Gasteiger partial charge in [-0.2, -0.15) is 5.26 Å². The summed E-state index contributed by atoms with van der Waals surface area (Å²) in [7, 11) is 0. The third-order valence-corrected chi connectivity index (χ3v) is 5.62. The molecular formula is C22H23N5O2. The van der Waals surface area contributed by atoms with Gasteiger partial charge in [-0.1, -0.05) is 6.92 Å². The highest BCUT2D eigenvalue weighted by Crippen LogP contribution is 2.38. The zero-order chi connectivity index (χ0) is 20.4. The number of amides is 2. The SMILES string of the molecule is CC1CC1C(=O)Nc1ccc(C(=O)N2CCN(c3ncccc3C#N)CC2)cc1. The number of hydrogen-bond acceptors (Lipinski definition) is 5. The number of carbonyl (C=O) groups excluding carboxylic acids is 2. The number of nitrogens with one attached hydrogen (secondary N) is 1. The molecule has 1 saturated carbocycles. The number of aromatic nitrogens is 1. The van der Waals surface area contributed by atoms with E-state index in [4.69, 9.17) is 0 Å². The summed E-state index contributed by atoms with van der Waals surface area (Å²) in [6.45, 7) is 4.47. The molecule has 7 nitrogen and oxygen atoms in total. The maximum absolute atomic E-state index is 12.8. The van der Waals surface area contributed by atoms with Gasteiger partial charge >= 0.3 is 0 Å². The molecule has 7 heteroatoms. The van der Waals surface area contributed by atoms with Crippen LogP contribution in [0.1, 0.15) is 29.3 Å². The molecule has 0 radical (unpaired) electrons. The smallest absolute Gasteiger partial charge is 0.253 e. The van der Waals surface area contributed by atoms with Crippen LogP contribution in [0.25, 0.3) is 0 Å². The van der Waals surface area contributed by atoms with Gasteiger partial charge in [0.15, 0.2) is 0 Å². The first-order valence-corrected chi connectivity index (χ1v) is 9.87. The third-order valence-electron chi connectivity index (χ3n) is 5.62. The molecule has 1 saturated heterocycles. The molecule has 0 spiro atoms. The van der Waals surface area contributed by atoms with Crippen molar-refractivity contribution in [3.05, 3.63) is 53.7 Å². The number of anilines is 2. The van der Waals surface area contributed by atoms with Crippen LogP contribution in [0.3, 0.4) is 0 Å². The molecule has 0 bridgehead atoms. The molecule has 29 heavy (non-hydrogen) atoms. The van der Waals surface area contributed by atoms with Crippen LogP contribution < -0.4 is 10.2 Å². The Labute approximate surface area is 169 Å². The van der Waals surface area contributed by atoms with Crippen molar-refractivity contribution >= 4 is 23.3 Å². The Morgan fingerprint density at radius 2 is 1.83 bits per heavy atom. The zero-order valence-corrected chi connectivity index (χ0v) is 16.3. The highest BCUT2D eigenvalue weighted by atomic mass is 16.2. The van der Waals surface area contributed by atoms with Crippen LogP contribution in [0.2, 0.25) is 0 Å². The monoisotopic (exact) mass is 389 g/mol. The van der Waals surface area contributed by atoms with Gasteiger partial charge in [0, 0.05) is 49.5 Å². The molecule has 1 aromatic carbocycles. The summed E-state index contributed by atoms with van der Waals surface area (Å²) in [6.07, 6.45) is 2.63. The Morgan fingerprint density at radius 1 is 1.14 bits per heavy atom. The Morgan fingerprint density at radius 3 is 2.45 bits per heavy atom. The molecular weight excluding hydrogens is 366 g/mol. The van der Waals surface area contributed by atoms with Crippen molar-refractivity contribution in [2.45, 2.75) is 13.3 Å². The predicted molar refractivity (Wildman–Crippen MR) is 109 cm³/mol. The summed E-state index contributed by atoms with van der Waals surface area (Å²) in [5, 5.41) is 12.2. The van der Waals surface area contributed by atoms with Gasteiger partial charge in [0.1, 0.15) is 11.9 Å². The zero-order valence-electron chi connectivity index (χ0n) is 16.3. The minimum absolute atomic E-state index is 0.0279. The van der Waals surface area contributed by atoms with E-state index in [1.165, 1.54) is 0 Å². The molecule has 2 aromatic rings. The molecule has 1 aliphatic carbocycles. The fraction of sp³-hybridized carbons (Fsp3) is 0.364. The van der Waals surface area contributed by atoms with Gasteiger partial charge < -0.3 is 15.1 Å². The van der Waals surface area contributed by atoms with E-state index < -0.39 is 0 Å². The molecule has 1 aliphatic heterocycles. The van der Waals surface area contributed by atoms with Crippen molar-refractivity contribution in [2.24, 2.45) is 11.8 Å². The van der Waals surface area contributed by atoms with Crippen LogP contribution >= 0.6 is 0 Å². The van der Waals surface area contributed by atoms with Crippen molar-refractivity contribution < 1.29 is 9.59 Å². The van der Waals surface area contributed by atoms with Crippen LogP contribution in [0, 0.1) is 23.2 Å². The molecule has 2 heterocycles. The second kappa shape index (κ2) is 7.92. The van der Waals surface area contributed by atoms with Crippen molar-refractivity contribution in [3.8, 4) is 6.07 Å². The van der Waals surface area contributed by atoms with Gasteiger partial charge in [0.05, 0.1) is 5.56 Å². The molecule has 2 atom stereocenters. The van der Waals surface area contributed by atoms with E-state index in [9.17, 15) is 14.9 Å². The summed E-state index contributed by atoms with van der Waals surface area (Å²) >= 11 is 0. The molecule has 2 fully saturated rings. The van der Waals surface area contributed by atoms with E-state index in [0.29, 0.717) is 49.0 Å². The standard InChI is InChI=1S/C22H23N5O2/c1-15-13-19(15)21(28)25-18-6-4-16(5-7-18)22(29)27-11-9-26(10-12-27)20-17(14-23)3-2-8-24-20/h2-8,15,19H,9-13H2,1H3,(H,25,28). The lowest BCUT2D eigenvalue weighted by Gasteiger charge is -2.35. The van der Waals surface area contributed by atoms with Crippen molar-refractivity contribution in [2.75, 3.05) is 36.4 Å². The second-order valence-corrected chi connectivity index (χ2v) is 7.65. The summed E-state index contributed by atoms with van der Waals surface area (Å²) in [5.74, 6) is 1.28. The highest BCUT2D eigenvalue weighted by Gasteiger charge is 2.39. The number of pyridine rings is 1. The minimum atomic E-state index is -0.0279. The lowest BCUT2D eigenvalue weighted by atomic mass is 10.1. The van der Waals surface area contributed by atoms with Gasteiger partial charge in [0.25, 0.3) is 5.91 Å². The maximum Gasteiger partial charge on any atom is 0.253 e. The third kappa shape index (κ3) is 4.06. The first kappa shape index (κ1) is 18.9. The topological polar surface area (TPSA) is 89.3 Å². The van der Waals surface area contributed by atoms with Gasteiger partial charge in [0.2, 0.25) is 5.91 Å². The molecule has 148 valence electrons. The van der Waals surface area contributed by atoms with E-state index in [-0.39, 0.29) is 17.7 Å². The summed E-state index contributed by atoms with van der Waals surface area (Å²) < 4.78 is 0. The lowest BCUT2D eigenvalue weighted by molar-refractivity contribution is -0.117. The van der Waals surface area contributed by atoms with Crippen LogP contribution in [-0.2, 0) is 4.79 Å². The van der Waals surface area contributed by atoms with Crippen molar-refractivity contribution in [1.82, 2.24) is 9.88 Å². The fourth-order valence-corrected chi connectivity index (χ4v) is 3.66. The number of carbonyl (C=O) groups is 2. The molecule has 2 amide bonds. The van der Waals surface area contributed by atoms with Gasteiger partial charge in [-0.15, -0.1) is 0 Å². The average molecular weight is 389 g/mol. The van der Waals surface area contributed by atoms with E-state index in [0.717, 1.165) is 12.1 Å². The minimum Gasteiger partial charge on any atom is -0.352 e. The summed E-state index contributed by atoms with van der Waals surface area (Å²) in [4.78, 5) is 33.0. The van der Waals surface area contributed by atoms with E-state index in [1.54, 1.807) is 42.6 Å². The second-order valence-electron chi connectivity index (χ2n) is 7.65. The first-order chi connectivity index (χ1) is 14.1. The Bertz CT molecular complexity index is 958. The maximum atomic E-state index is 12.8. The largest absolute Gasteiger partial charge is 0.352 e. The average Bonchev–Trinajstić information content (AvgIpc) is 3.50. The number of benzene rings is 1. The predicted octanol–water partition coefficient (Wildman–Crippen LogP) is 2.51. The molecule has 2 unspecified atom stereocenters. The van der Waals surface area contributed by atoms with Gasteiger partial charge in [-0.25, -0.2) is 4.98 Å². The van der Waals surface area contributed by atoms with E-state index in [2.05, 4.69) is 23.3 Å². The van der Waals surface area contributed by atoms with Crippen LogP contribution in [0.15, 0.2) is 42.6 Å². The van der Waals surface area contributed by atoms with E-state index >= 15 is 0 Å². The molecule has 4 rings (SSSR count).